The number of aryl methyl sites for hydroxylation is 1. The third kappa shape index (κ3) is 6.63. The van der Waals surface area contributed by atoms with Crippen LogP contribution in [-0.4, -0.2) is 19.6 Å². The minimum atomic E-state index is -0.156. The van der Waals surface area contributed by atoms with Crippen molar-refractivity contribution >= 4 is 29.9 Å². The summed E-state index contributed by atoms with van der Waals surface area (Å²) in [5.74, 6) is 1.60. The molecule has 118 valence electrons. The zero-order valence-electron chi connectivity index (χ0n) is 12.8. The summed E-state index contributed by atoms with van der Waals surface area (Å²) in [6, 6.07) is 5.31. The second kappa shape index (κ2) is 9.23. The molecule has 0 bridgehead atoms. The molecule has 1 saturated carbocycles. The van der Waals surface area contributed by atoms with Crippen molar-refractivity contribution in [2.75, 3.05) is 13.6 Å². The number of nitrogens with one attached hydrogen (secondary N) is 2. The molecule has 3 nitrogen and oxygen atoms in total. The van der Waals surface area contributed by atoms with Crippen LogP contribution in [0.5, 0.6) is 0 Å². The molecule has 2 N–H and O–H groups in total. The third-order valence-corrected chi connectivity index (χ3v) is 3.70. The molecule has 2 rings (SSSR count). The first kappa shape index (κ1) is 18.2. The number of nitrogens with zero attached hydrogens (tertiary/aromatic N) is 1. The Morgan fingerprint density at radius 1 is 1.33 bits per heavy atom. The molecule has 1 aromatic carbocycles. The fourth-order valence-electron chi connectivity index (χ4n) is 2.16. The normalized spacial score (nSPS) is 14.5. The molecule has 0 amide bonds. The van der Waals surface area contributed by atoms with E-state index in [2.05, 4.69) is 15.6 Å². The van der Waals surface area contributed by atoms with Gasteiger partial charge in [0.15, 0.2) is 5.96 Å². The number of benzene rings is 1. The number of halogens is 2. The van der Waals surface area contributed by atoms with Gasteiger partial charge in [-0.1, -0.05) is 25.0 Å². The Kier molecular flexibility index (Phi) is 8.00. The first-order valence-corrected chi connectivity index (χ1v) is 7.38. The van der Waals surface area contributed by atoms with E-state index in [0.29, 0.717) is 12.1 Å². The third-order valence-electron chi connectivity index (χ3n) is 3.70. The lowest BCUT2D eigenvalue weighted by molar-refractivity contribution is 0.614. The van der Waals surface area contributed by atoms with Crippen LogP contribution in [0.15, 0.2) is 23.2 Å². The summed E-state index contributed by atoms with van der Waals surface area (Å²) in [4.78, 5) is 4.18. The maximum Gasteiger partial charge on any atom is 0.191 e. The quantitative estimate of drug-likeness (QED) is 0.328. The van der Waals surface area contributed by atoms with Gasteiger partial charge in [0.2, 0.25) is 0 Å². The molecule has 1 aliphatic carbocycles. The summed E-state index contributed by atoms with van der Waals surface area (Å²) in [7, 11) is 1.76. The van der Waals surface area contributed by atoms with Crippen LogP contribution in [0.3, 0.4) is 0 Å². The van der Waals surface area contributed by atoms with E-state index in [1.807, 2.05) is 6.07 Å². The van der Waals surface area contributed by atoms with Crippen LogP contribution >= 0.6 is 24.0 Å². The highest BCUT2D eigenvalue weighted by atomic mass is 127. The van der Waals surface area contributed by atoms with Crippen molar-refractivity contribution < 1.29 is 4.39 Å². The summed E-state index contributed by atoms with van der Waals surface area (Å²) < 4.78 is 13.4. The zero-order valence-corrected chi connectivity index (χ0v) is 15.1. The predicted molar refractivity (Wildman–Crippen MR) is 96.7 cm³/mol. The molecule has 0 aliphatic heterocycles. The SMILES string of the molecule is CN=C(NCCCC1CC1)NCc1ccc(C)c(F)c1.I. The van der Waals surface area contributed by atoms with Crippen LogP contribution in [-0.2, 0) is 6.54 Å². The average Bonchev–Trinajstić information content (AvgIpc) is 3.26. The zero-order chi connectivity index (χ0) is 14.4. The van der Waals surface area contributed by atoms with Gasteiger partial charge >= 0.3 is 0 Å². The highest BCUT2D eigenvalue weighted by molar-refractivity contribution is 14.0. The maximum absolute atomic E-state index is 13.4. The average molecular weight is 405 g/mol. The lowest BCUT2D eigenvalue weighted by atomic mass is 10.1. The van der Waals surface area contributed by atoms with Crippen molar-refractivity contribution in [1.29, 1.82) is 0 Å². The van der Waals surface area contributed by atoms with Crippen LogP contribution < -0.4 is 10.6 Å². The molecule has 0 radical (unpaired) electrons. The van der Waals surface area contributed by atoms with Gasteiger partial charge in [-0.3, -0.25) is 4.99 Å². The van der Waals surface area contributed by atoms with Crippen molar-refractivity contribution in [3.8, 4) is 0 Å². The van der Waals surface area contributed by atoms with Crippen molar-refractivity contribution in [1.82, 2.24) is 10.6 Å². The van der Waals surface area contributed by atoms with Crippen molar-refractivity contribution in [2.45, 2.75) is 39.2 Å². The van der Waals surface area contributed by atoms with Crippen molar-refractivity contribution in [3.05, 3.63) is 35.1 Å². The second-order valence-corrected chi connectivity index (χ2v) is 5.52. The molecule has 1 fully saturated rings. The minimum absolute atomic E-state index is 0. The fourth-order valence-corrected chi connectivity index (χ4v) is 2.16. The van der Waals surface area contributed by atoms with Gasteiger partial charge in [0.1, 0.15) is 5.82 Å². The summed E-state index contributed by atoms with van der Waals surface area (Å²) >= 11 is 0. The minimum Gasteiger partial charge on any atom is -0.356 e. The summed E-state index contributed by atoms with van der Waals surface area (Å²) in [6.45, 7) is 3.30. The second-order valence-electron chi connectivity index (χ2n) is 5.52. The molecule has 0 spiro atoms. The predicted octanol–water partition coefficient (Wildman–Crippen LogP) is 3.61. The number of guanidine groups is 1. The fraction of sp³-hybridized carbons (Fsp3) is 0.562. The van der Waals surface area contributed by atoms with E-state index in [0.717, 1.165) is 24.0 Å². The maximum atomic E-state index is 13.4. The first-order valence-electron chi connectivity index (χ1n) is 7.38. The Hall–Kier alpha value is -0.850. The van der Waals surface area contributed by atoms with Gasteiger partial charge in [-0.05, 0) is 42.9 Å². The number of aliphatic imine (C=N–C) groups is 1. The van der Waals surface area contributed by atoms with E-state index in [1.165, 1.54) is 25.7 Å². The summed E-state index contributed by atoms with van der Waals surface area (Å²) in [6.07, 6.45) is 5.32. The Morgan fingerprint density at radius 3 is 2.71 bits per heavy atom. The number of hydrogen-bond donors (Lipinski definition) is 2. The molecule has 1 aliphatic rings. The smallest absolute Gasteiger partial charge is 0.191 e. The largest absolute Gasteiger partial charge is 0.356 e. The van der Waals surface area contributed by atoms with Crippen LogP contribution in [0.1, 0.15) is 36.8 Å². The molecular formula is C16H25FIN3. The summed E-state index contributed by atoms with van der Waals surface area (Å²) in [5, 5.41) is 6.50. The number of hydrogen-bond acceptors (Lipinski definition) is 1. The van der Waals surface area contributed by atoms with Gasteiger partial charge < -0.3 is 10.6 Å². The van der Waals surface area contributed by atoms with E-state index in [9.17, 15) is 4.39 Å². The topological polar surface area (TPSA) is 36.4 Å². The monoisotopic (exact) mass is 405 g/mol. The lowest BCUT2D eigenvalue weighted by Gasteiger charge is -2.12. The lowest BCUT2D eigenvalue weighted by Crippen LogP contribution is -2.37. The highest BCUT2D eigenvalue weighted by Gasteiger charge is 2.19. The molecule has 0 heterocycles. The standard InChI is InChI=1S/C16H24FN3.HI/c1-12-5-6-14(10-15(12)17)11-20-16(18-2)19-9-3-4-13-7-8-13;/h5-6,10,13H,3-4,7-9,11H2,1-2H3,(H2,18,19,20);1H. The van der Waals surface area contributed by atoms with Crippen LogP contribution in [0.2, 0.25) is 0 Å². The van der Waals surface area contributed by atoms with Gasteiger partial charge in [-0.25, -0.2) is 4.39 Å². The molecular weight excluding hydrogens is 380 g/mol. The number of rotatable bonds is 6. The van der Waals surface area contributed by atoms with Crippen LogP contribution in [0.25, 0.3) is 0 Å². The molecule has 0 aromatic heterocycles. The molecule has 1 aromatic rings. The highest BCUT2D eigenvalue weighted by Crippen LogP contribution is 2.33. The van der Waals surface area contributed by atoms with Gasteiger partial charge in [0.05, 0.1) is 0 Å². The first-order chi connectivity index (χ1) is 9.69. The molecule has 21 heavy (non-hydrogen) atoms. The van der Waals surface area contributed by atoms with Crippen molar-refractivity contribution in [2.24, 2.45) is 10.9 Å². The molecule has 5 heteroatoms. The molecule has 0 unspecified atom stereocenters. The Balaban J connectivity index is 0.00000220. The van der Waals surface area contributed by atoms with Crippen LogP contribution in [0, 0.1) is 18.7 Å². The Bertz CT molecular complexity index is 473. The molecule has 0 saturated heterocycles. The van der Waals surface area contributed by atoms with E-state index >= 15 is 0 Å². The summed E-state index contributed by atoms with van der Waals surface area (Å²) in [5.41, 5.74) is 1.60. The molecule has 0 atom stereocenters. The Morgan fingerprint density at radius 2 is 2.10 bits per heavy atom. The Labute approximate surface area is 143 Å². The van der Waals surface area contributed by atoms with E-state index in [1.54, 1.807) is 26.1 Å². The van der Waals surface area contributed by atoms with Gasteiger partial charge in [-0.2, -0.15) is 0 Å². The van der Waals surface area contributed by atoms with E-state index in [-0.39, 0.29) is 29.8 Å². The van der Waals surface area contributed by atoms with Gasteiger partial charge in [0.25, 0.3) is 0 Å². The van der Waals surface area contributed by atoms with Gasteiger partial charge in [-0.15, -0.1) is 24.0 Å². The van der Waals surface area contributed by atoms with Gasteiger partial charge in [0, 0.05) is 20.1 Å². The van der Waals surface area contributed by atoms with E-state index in [4.69, 9.17) is 0 Å². The van der Waals surface area contributed by atoms with Crippen molar-refractivity contribution in [3.63, 3.8) is 0 Å². The van der Waals surface area contributed by atoms with Crippen LogP contribution in [0.4, 0.5) is 4.39 Å². The van der Waals surface area contributed by atoms with E-state index < -0.39 is 0 Å².